The van der Waals surface area contributed by atoms with Gasteiger partial charge in [-0.25, -0.2) is 4.98 Å². The van der Waals surface area contributed by atoms with Gasteiger partial charge in [0.2, 0.25) is 0 Å². The molecule has 0 radical (unpaired) electrons. The van der Waals surface area contributed by atoms with E-state index in [2.05, 4.69) is 70.7 Å². The highest BCUT2D eigenvalue weighted by molar-refractivity contribution is 5.14. The third kappa shape index (κ3) is 4.01. The van der Waals surface area contributed by atoms with E-state index in [-0.39, 0.29) is 0 Å². The first-order valence-electron chi connectivity index (χ1n) is 8.58. The maximum Gasteiger partial charge on any atom is 0.122 e. The summed E-state index contributed by atoms with van der Waals surface area (Å²) in [6, 6.07) is 12.1. The van der Waals surface area contributed by atoms with E-state index in [1.807, 2.05) is 12.4 Å². The Labute approximate surface area is 139 Å². The zero-order chi connectivity index (χ0) is 16.2. The molecule has 2 aromatic rings. The molecule has 23 heavy (non-hydrogen) atoms. The van der Waals surface area contributed by atoms with E-state index < -0.39 is 0 Å². The largest absolute Gasteiger partial charge is 0.337 e. The number of rotatable bonds is 5. The Morgan fingerprint density at radius 3 is 2.70 bits per heavy atom. The van der Waals surface area contributed by atoms with Crippen molar-refractivity contribution in [2.24, 2.45) is 7.05 Å². The van der Waals surface area contributed by atoms with Crippen molar-refractivity contribution < 1.29 is 0 Å². The standard InChI is InChI=1S/C19H28N4/c1-16-13-18(22(3)15-19-20-10-12-21(19)2)9-11-23(16)14-17-7-5-4-6-8-17/h4-8,10,12,16,18H,9,11,13-15H2,1-3H3. The van der Waals surface area contributed by atoms with Gasteiger partial charge in [-0.1, -0.05) is 30.3 Å². The molecule has 2 heterocycles. The molecule has 1 fully saturated rings. The minimum atomic E-state index is 0.623. The summed E-state index contributed by atoms with van der Waals surface area (Å²) >= 11 is 0. The van der Waals surface area contributed by atoms with Crippen LogP contribution < -0.4 is 0 Å². The van der Waals surface area contributed by atoms with Crippen LogP contribution in [0.3, 0.4) is 0 Å². The number of piperidine rings is 1. The number of hydrogen-bond donors (Lipinski definition) is 0. The first kappa shape index (κ1) is 16.2. The maximum atomic E-state index is 4.45. The smallest absolute Gasteiger partial charge is 0.122 e. The second-order valence-electron chi connectivity index (χ2n) is 6.85. The topological polar surface area (TPSA) is 24.3 Å². The third-order valence-corrected chi connectivity index (χ3v) is 5.15. The Balaban J connectivity index is 1.54. The molecular weight excluding hydrogens is 284 g/mol. The summed E-state index contributed by atoms with van der Waals surface area (Å²) in [7, 11) is 4.31. The molecule has 4 nitrogen and oxygen atoms in total. The zero-order valence-electron chi connectivity index (χ0n) is 14.5. The fourth-order valence-corrected chi connectivity index (χ4v) is 3.55. The molecule has 3 rings (SSSR count). The van der Waals surface area contributed by atoms with Crippen LogP contribution in [0.5, 0.6) is 0 Å². The molecule has 2 atom stereocenters. The maximum absolute atomic E-state index is 4.45. The van der Waals surface area contributed by atoms with Crippen LogP contribution in [-0.2, 0) is 20.1 Å². The van der Waals surface area contributed by atoms with Crippen LogP contribution in [0.1, 0.15) is 31.2 Å². The Morgan fingerprint density at radius 1 is 1.26 bits per heavy atom. The van der Waals surface area contributed by atoms with Gasteiger partial charge in [-0.05, 0) is 32.4 Å². The number of nitrogens with zero attached hydrogens (tertiary/aromatic N) is 4. The molecule has 0 amide bonds. The number of aryl methyl sites for hydroxylation is 1. The number of hydrogen-bond acceptors (Lipinski definition) is 3. The van der Waals surface area contributed by atoms with Gasteiger partial charge in [-0.3, -0.25) is 9.80 Å². The Kier molecular flexibility index (Phi) is 5.13. The number of likely N-dealkylation sites (tertiary alicyclic amines) is 1. The summed E-state index contributed by atoms with van der Waals surface area (Å²) in [5.74, 6) is 1.15. The SMILES string of the molecule is CC1CC(N(C)Cc2nccn2C)CCN1Cc1ccccc1. The van der Waals surface area contributed by atoms with Crippen LogP contribution in [0.25, 0.3) is 0 Å². The van der Waals surface area contributed by atoms with Crippen molar-refractivity contribution in [3.63, 3.8) is 0 Å². The molecule has 1 aromatic heterocycles. The minimum Gasteiger partial charge on any atom is -0.337 e. The predicted octanol–water partition coefficient (Wildman–Crippen LogP) is 2.91. The molecule has 0 spiro atoms. The van der Waals surface area contributed by atoms with Crippen molar-refractivity contribution in [2.45, 2.75) is 44.9 Å². The fraction of sp³-hybridized carbons (Fsp3) is 0.526. The average Bonchev–Trinajstić information content (AvgIpc) is 2.95. The number of aromatic nitrogens is 2. The van der Waals surface area contributed by atoms with Crippen molar-refractivity contribution in [3.05, 3.63) is 54.1 Å². The highest BCUT2D eigenvalue weighted by Crippen LogP contribution is 2.23. The molecule has 1 aliphatic heterocycles. The molecule has 4 heteroatoms. The first-order chi connectivity index (χ1) is 11.1. The first-order valence-corrected chi connectivity index (χ1v) is 8.58. The summed E-state index contributed by atoms with van der Waals surface area (Å²) in [4.78, 5) is 9.53. The van der Waals surface area contributed by atoms with E-state index in [0.29, 0.717) is 12.1 Å². The number of benzene rings is 1. The summed E-state index contributed by atoms with van der Waals surface area (Å²) in [5, 5.41) is 0. The molecule has 0 saturated carbocycles. The molecule has 0 N–H and O–H groups in total. The quantitative estimate of drug-likeness (QED) is 0.848. The second-order valence-corrected chi connectivity index (χ2v) is 6.85. The molecule has 124 valence electrons. The van der Waals surface area contributed by atoms with Crippen LogP contribution in [0.4, 0.5) is 0 Å². The van der Waals surface area contributed by atoms with Gasteiger partial charge in [-0.15, -0.1) is 0 Å². The van der Waals surface area contributed by atoms with Crippen molar-refractivity contribution >= 4 is 0 Å². The lowest BCUT2D eigenvalue weighted by atomic mass is 9.96. The van der Waals surface area contributed by atoms with Crippen molar-refractivity contribution in [1.82, 2.24) is 19.4 Å². The molecule has 1 saturated heterocycles. The van der Waals surface area contributed by atoms with Crippen LogP contribution in [0.2, 0.25) is 0 Å². The van der Waals surface area contributed by atoms with Crippen LogP contribution >= 0.6 is 0 Å². The normalized spacial score (nSPS) is 22.6. The monoisotopic (exact) mass is 312 g/mol. The van der Waals surface area contributed by atoms with E-state index in [4.69, 9.17) is 0 Å². The summed E-state index contributed by atoms with van der Waals surface area (Å²) in [5.41, 5.74) is 1.42. The Bertz CT molecular complexity index is 607. The van der Waals surface area contributed by atoms with Gasteiger partial charge in [0.1, 0.15) is 5.82 Å². The van der Waals surface area contributed by atoms with E-state index in [0.717, 1.165) is 18.9 Å². The molecule has 0 aliphatic carbocycles. The van der Waals surface area contributed by atoms with Crippen LogP contribution in [0, 0.1) is 0 Å². The van der Waals surface area contributed by atoms with Crippen molar-refractivity contribution in [3.8, 4) is 0 Å². The van der Waals surface area contributed by atoms with Crippen molar-refractivity contribution in [1.29, 1.82) is 0 Å². The van der Waals surface area contributed by atoms with Gasteiger partial charge in [0.25, 0.3) is 0 Å². The van der Waals surface area contributed by atoms with Gasteiger partial charge in [-0.2, -0.15) is 0 Å². The lowest BCUT2D eigenvalue weighted by molar-refractivity contribution is 0.0757. The Morgan fingerprint density at radius 2 is 2.04 bits per heavy atom. The van der Waals surface area contributed by atoms with E-state index in [1.165, 1.54) is 24.9 Å². The molecule has 1 aromatic carbocycles. The molecule has 0 bridgehead atoms. The summed E-state index contributed by atoms with van der Waals surface area (Å²) < 4.78 is 2.12. The van der Waals surface area contributed by atoms with E-state index in [1.54, 1.807) is 0 Å². The van der Waals surface area contributed by atoms with Gasteiger partial charge in [0, 0.05) is 44.6 Å². The highest BCUT2D eigenvalue weighted by Gasteiger charge is 2.28. The summed E-state index contributed by atoms with van der Waals surface area (Å²) in [6.07, 6.45) is 6.37. The highest BCUT2D eigenvalue weighted by atomic mass is 15.2. The summed E-state index contributed by atoms with van der Waals surface area (Å²) in [6.45, 7) is 5.53. The molecular formula is C19H28N4. The zero-order valence-corrected chi connectivity index (χ0v) is 14.5. The fourth-order valence-electron chi connectivity index (χ4n) is 3.55. The van der Waals surface area contributed by atoms with Gasteiger partial charge < -0.3 is 4.57 Å². The van der Waals surface area contributed by atoms with E-state index in [9.17, 15) is 0 Å². The average molecular weight is 312 g/mol. The third-order valence-electron chi connectivity index (χ3n) is 5.15. The lowest BCUT2D eigenvalue weighted by Gasteiger charge is -2.41. The van der Waals surface area contributed by atoms with Gasteiger partial charge in [0.15, 0.2) is 0 Å². The van der Waals surface area contributed by atoms with Crippen LogP contribution in [0.15, 0.2) is 42.7 Å². The lowest BCUT2D eigenvalue weighted by Crippen LogP contribution is -2.47. The predicted molar refractivity (Wildman–Crippen MR) is 94.0 cm³/mol. The van der Waals surface area contributed by atoms with Crippen molar-refractivity contribution in [2.75, 3.05) is 13.6 Å². The second kappa shape index (κ2) is 7.28. The Hall–Kier alpha value is -1.65. The van der Waals surface area contributed by atoms with Crippen LogP contribution in [-0.4, -0.2) is 45.0 Å². The van der Waals surface area contributed by atoms with Gasteiger partial charge in [0.05, 0.1) is 6.54 Å². The molecule has 2 unspecified atom stereocenters. The minimum absolute atomic E-state index is 0.623. The van der Waals surface area contributed by atoms with Gasteiger partial charge >= 0.3 is 0 Å². The molecule has 1 aliphatic rings. The number of imidazole rings is 1. The van der Waals surface area contributed by atoms with E-state index >= 15 is 0 Å².